The first-order chi connectivity index (χ1) is 15.2. The molecule has 0 aliphatic carbocycles. The maximum absolute atomic E-state index is 14.1. The first-order valence-electron chi connectivity index (χ1n) is 9.83. The van der Waals surface area contributed by atoms with Crippen LogP contribution in [0.5, 0.6) is 5.75 Å². The second-order valence-electron chi connectivity index (χ2n) is 7.63. The summed E-state index contributed by atoms with van der Waals surface area (Å²) in [7, 11) is 0. The molecule has 0 radical (unpaired) electrons. The average molecular weight is 462 g/mol. The Morgan fingerprint density at radius 3 is 2.41 bits per heavy atom. The first kappa shape index (κ1) is 22.0. The van der Waals surface area contributed by atoms with Crippen LogP contribution in [0.25, 0.3) is 11.4 Å². The zero-order valence-electron chi connectivity index (χ0n) is 17.5. The van der Waals surface area contributed by atoms with Crippen LogP contribution in [-0.2, 0) is 12.1 Å². The second kappa shape index (κ2) is 8.38. The number of hydrogen-bond acceptors (Lipinski definition) is 5. The molecule has 0 fully saturated rings. The molecule has 0 unspecified atom stereocenters. The van der Waals surface area contributed by atoms with Gasteiger partial charge in [0.2, 0.25) is 0 Å². The van der Waals surface area contributed by atoms with Gasteiger partial charge in [0, 0.05) is 24.2 Å². The monoisotopic (exact) mass is 461 g/mol. The highest BCUT2D eigenvalue weighted by atomic mass is 35.5. The minimum absolute atomic E-state index is 0.326. The van der Waals surface area contributed by atoms with E-state index in [1.165, 1.54) is 6.34 Å². The van der Waals surface area contributed by atoms with Gasteiger partial charge >= 0.3 is 0 Å². The van der Waals surface area contributed by atoms with E-state index in [0.29, 0.717) is 47.5 Å². The largest absolute Gasteiger partial charge is 0.474 e. The summed E-state index contributed by atoms with van der Waals surface area (Å²) in [6.07, 6.45) is 1.51. The number of hydrogen-bond donors (Lipinski definition) is 0. The molecule has 0 amide bonds. The van der Waals surface area contributed by atoms with E-state index in [1.807, 2.05) is 19.1 Å². The van der Waals surface area contributed by atoms with Gasteiger partial charge in [-0.1, -0.05) is 17.7 Å². The van der Waals surface area contributed by atoms with Crippen LogP contribution in [0.4, 0.5) is 13.2 Å². The van der Waals surface area contributed by atoms with E-state index in [2.05, 4.69) is 20.2 Å². The summed E-state index contributed by atoms with van der Waals surface area (Å²) < 4.78 is 48.9. The molecule has 0 bridgehead atoms. The number of halogens is 4. The van der Waals surface area contributed by atoms with Crippen molar-refractivity contribution in [2.45, 2.75) is 32.9 Å². The van der Waals surface area contributed by atoms with Crippen molar-refractivity contribution in [1.82, 2.24) is 14.8 Å². The van der Waals surface area contributed by atoms with Gasteiger partial charge in [-0.3, -0.25) is 4.99 Å². The van der Waals surface area contributed by atoms with Crippen molar-refractivity contribution < 1.29 is 17.9 Å². The molecule has 2 aromatic carbocycles. The lowest BCUT2D eigenvalue weighted by molar-refractivity contribution is 0.0824. The Morgan fingerprint density at radius 1 is 1.09 bits per heavy atom. The van der Waals surface area contributed by atoms with E-state index in [0.717, 1.165) is 11.3 Å². The Hall–Kier alpha value is -3.20. The normalized spacial score (nSPS) is 13.5. The Morgan fingerprint density at radius 2 is 1.81 bits per heavy atom. The molecule has 32 heavy (non-hydrogen) atoms. The lowest BCUT2D eigenvalue weighted by Gasteiger charge is -2.26. The molecule has 3 aromatic rings. The first-order valence-corrected chi connectivity index (χ1v) is 10.2. The number of ether oxygens (including phenoxy) is 1. The molecular formula is C22H19ClF3N5O. The number of aliphatic imine (C=N–C) groups is 2. The van der Waals surface area contributed by atoms with Crippen LogP contribution in [0.15, 0.2) is 40.3 Å². The maximum Gasteiger partial charge on any atom is 0.192 e. The van der Waals surface area contributed by atoms with E-state index in [9.17, 15) is 13.2 Å². The molecule has 1 aliphatic rings. The SMILES string of the molecule is CCn1c(-c2ccc(C3=NC=NC3)cc2Cl)nnc1C(C)(C)Oc1c(F)cc(F)cc1F. The molecule has 6 nitrogen and oxygen atoms in total. The third-order valence-corrected chi connectivity index (χ3v) is 5.32. The quantitative estimate of drug-likeness (QED) is 0.508. The van der Waals surface area contributed by atoms with Crippen LogP contribution in [0.1, 0.15) is 32.2 Å². The topological polar surface area (TPSA) is 64.7 Å². The molecule has 1 aromatic heterocycles. The van der Waals surface area contributed by atoms with E-state index >= 15 is 0 Å². The van der Waals surface area contributed by atoms with Gasteiger partial charge in [0.05, 0.1) is 17.3 Å². The van der Waals surface area contributed by atoms with Gasteiger partial charge in [-0.2, -0.15) is 0 Å². The molecule has 4 rings (SSSR count). The highest BCUT2D eigenvalue weighted by Gasteiger charge is 2.33. The predicted octanol–water partition coefficient (Wildman–Crippen LogP) is 5.18. The summed E-state index contributed by atoms with van der Waals surface area (Å²) in [5, 5.41) is 8.92. The minimum atomic E-state index is -1.29. The van der Waals surface area contributed by atoms with Crippen LogP contribution in [0, 0.1) is 17.5 Å². The van der Waals surface area contributed by atoms with Crippen molar-refractivity contribution in [3.63, 3.8) is 0 Å². The molecular weight excluding hydrogens is 443 g/mol. The second-order valence-corrected chi connectivity index (χ2v) is 8.04. The Kier molecular flexibility index (Phi) is 5.77. The Labute approximate surface area is 187 Å². The Balaban J connectivity index is 1.70. The fraction of sp³-hybridized carbons (Fsp3) is 0.273. The van der Waals surface area contributed by atoms with Gasteiger partial charge in [-0.15, -0.1) is 10.2 Å². The van der Waals surface area contributed by atoms with Crippen LogP contribution >= 0.6 is 11.6 Å². The zero-order chi connectivity index (χ0) is 23.0. The summed E-state index contributed by atoms with van der Waals surface area (Å²) in [5.74, 6) is -3.21. The summed E-state index contributed by atoms with van der Waals surface area (Å²) in [6, 6.07) is 6.58. The third kappa shape index (κ3) is 4.00. The van der Waals surface area contributed by atoms with Crippen molar-refractivity contribution in [2.75, 3.05) is 6.54 Å². The van der Waals surface area contributed by atoms with Crippen LogP contribution < -0.4 is 4.74 Å². The van der Waals surface area contributed by atoms with E-state index in [-0.39, 0.29) is 0 Å². The van der Waals surface area contributed by atoms with Gasteiger partial charge in [0.25, 0.3) is 0 Å². The molecule has 2 heterocycles. The highest BCUT2D eigenvalue weighted by Crippen LogP contribution is 2.34. The molecule has 0 spiro atoms. The standard InChI is InChI=1S/C22H19ClF3N5O/c1-4-31-20(14-6-5-12(7-15(14)23)18-10-27-11-28-18)29-30-21(31)22(2,3)32-19-16(25)8-13(24)9-17(19)26/h5-9,11H,4,10H2,1-3H3. The van der Waals surface area contributed by atoms with Gasteiger partial charge in [0.15, 0.2) is 34.6 Å². The number of aromatic nitrogens is 3. The summed E-state index contributed by atoms with van der Waals surface area (Å²) in [5.41, 5.74) is 1.01. The molecule has 0 N–H and O–H groups in total. The van der Waals surface area contributed by atoms with Gasteiger partial charge in [-0.25, -0.2) is 18.2 Å². The van der Waals surface area contributed by atoms with Gasteiger partial charge < -0.3 is 9.30 Å². The lowest BCUT2D eigenvalue weighted by Crippen LogP contribution is -2.30. The highest BCUT2D eigenvalue weighted by molar-refractivity contribution is 6.33. The smallest absolute Gasteiger partial charge is 0.192 e. The van der Waals surface area contributed by atoms with Crippen LogP contribution in [0.2, 0.25) is 5.02 Å². The lowest BCUT2D eigenvalue weighted by atomic mass is 10.1. The van der Waals surface area contributed by atoms with Crippen molar-refractivity contribution >= 4 is 23.7 Å². The van der Waals surface area contributed by atoms with E-state index < -0.39 is 28.8 Å². The van der Waals surface area contributed by atoms with Crippen molar-refractivity contribution in [3.8, 4) is 17.1 Å². The molecule has 0 saturated heterocycles. The third-order valence-electron chi connectivity index (χ3n) is 5.01. The maximum atomic E-state index is 14.1. The molecule has 1 aliphatic heterocycles. The molecule has 0 atom stereocenters. The summed E-state index contributed by atoms with van der Waals surface area (Å²) in [6.45, 7) is 6.00. The molecule has 166 valence electrons. The summed E-state index contributed by atoms with van der Waals surface area (Å²) >= 11 is 6.54. The fourth-order valence-electron chi connectivity index (χ4n) is 3.49. The number of rotatable bonds is 6. The number of nitrogens with zero attached hydrogens (tertiary/aromatic N) is 5. The molecule has 0 saturated carbocycles. The van der Waals surface area contributed by atoms with Crippen molar-refractivity contribution in [3.05, 3.63) is 64.2 Å². The number of benzene rings is 2. The van der Waals surface area contributed by atoms with Crippen LogP contribution in [0.3, 0.4) is 0 Å². The van der Waals surface area contributed by atoms with Crippen molar-refractivity contribution in [2.24, 2.45) is 9.98 Å². The van der Waals surface area contributed by atoms with Gasteiger partial charge in [-0.05, 0) is 38.5 Å². The average Bonchev–Trinajstić information content (AvgIpc) is 3.40. The zero-order valence-corrected chi connectivity index (χ0v) is 18.3. The molecule has 10 heteroatoms. The van der Waals surface area contributed by atoms with Gasteiger partial charge in [0.1, 0.15) is 12.2 Å². The fourth-order valence-corrected chi connectivity index (χ4v) is 3.76. The van der Waals surface area contributed by atoms with Crippen LogP contribution in [-0.4, -0.2) is 33.4 Å². The van der Waals surface area contributed by atoms with Crippen molar-refractivity contribution in [1.29, 1.82) is 0 Å². The minimum Gasteiger partial charge on any atom is -0.474 e. The van der Waals surface area contributed by atoms with E-state index in [1.54, 1.807) is 24.5 Å². The van der Waals surface area contributed by atoms with E-state index in [4.69, 9.17) is 16.3 Å². The Bertz CT molecular complexity index is 1230. The predicted molar refractivity (Wildman–Crippen MR) is 116 cm³/mol. The summed E-state index contributed by atoms with van der Waals surface area (Å²) in [4.78, 5) is 8.29.